The van der Waals surface area contributed by atoms with Gasteiger partial charge in [0.05, 0.1) is 0 Å². The summed E-state index contributed by atoms with van der Waals surface area (Å²) in [6.07, 6.45) is 0.533. The summed E-state index contributed by atoms with van der Waals surface area (Å²) in [5.41, 5.74) is 2.20. The van der Waals surface area contributed by atoms with Crippen molar-refractivity contribution in [3.05, 3.63) is 65.7 Å². The third kappa shape index (κ3) is 7.74. The number of hydrogen-bond donors (Lipinski definition) is 1. The topological polar surface area (TPSA) is 58.6 Å². The van der Waals surface area contributed by atoms with Crippen LogP contribution in [0.15, 0.2) is 54.6 Å². The molecule has 2 amide bonds. The summed E-state index contributed by atoms with van der Waals surface area (Å²) in [6.45, 7) is 11.1. The Morgan fingerprint density at radius 1 is 0.968 bits per heavy atom. The lowest BCUT2D eigenvalue weighted by molar-refractivity contribution is -0.143. The van der Waals surface area contributed by atoms with Gasteiger partial charge in [0.2, 0.25) is 5.91 Å². The Bertz CT molecular complexity index is 816. The number of benzene rings is 2. The highest BCUT2D eigenvalue weighted by molar-refractivity contribution is 5.88. The second-order valence-electron chi connectivity index (χ2n) is 8.58. The first-order valence-electron chi connectivity index (χ1n) is 11.2. The van der Waals surface area contributed by atoms with E-state index in [1.54, 1.807) is 4.90 Å². The number of amides is 2. The predicted molar refractivity (Wildman–Crippen MR) is 125 cm³/mol. The molecule has 2 aromatic rings. The number of ether oxygens (including phenoxy) is 1. The molecule has 1 atom stereocenters. The maximum atomic E-state index is 13.2. The molecule has 0 aliphatic heterocycles. The maximum absolute atomic E-state index is 13.2. The molecule has 5 heteroatoms. The molecule has 0 heterocycles. The molecule has 168 valence electrons. The number of nitrogens with one attached hydrogen (secondary N) is 1. The molecular formula is C26H36N2O3. The van der Waals surface area contributed by atoms with Gasteiger partial charge in [-0.15, -0.1) is 0 Å². The van der Waals surface area contributed by atoms with Crippen LogP contribution in [-0.4, -0.2) is 35.9 Å². The zero-order valence-electron chi connectivity index (χ0n) is 19.4. The third-order valence-corrected chi connectivity index (χ3v) is 5.18. The Kier molecular flexibility index (Phi) is 9.57. The highest BCUT2D eigenvalue weighted by atomic mass is 16.5. The van der Waals surface area contributed by atoms with E-state index in [1.807, 2.05) is 75.4 Å². The first-order chi connectivity index (χ1) is 14.8. The molecule has 0 bridgehead atoms. The van der Waals surface area contributed by atoms with Crippen LogP contribution in [0.2, 0.25) is 0 Å². The average Bonchev–Trinajstić information content (AvgIpc) is 2.76. The molecule has 0 unspecified atom stereocenters. The van der Waals surface area contributed by atoms with Crippen LogP contribution in [0.25, 0.3) is 0 Å². The van der Waals surface area contributed by atoms with Crippen LogP contribution in [0.3, 0.4) is 0 Å². The second-order valence-corrected chi connectivity index (χ2v) is 8.58. The Morgan fingerprint density at radius 3 is 2.16 bits per heavy atom. The minimum Gasteiger partial charge on any atom is -0.484 e. The molecule has 0 saturated carbocycles. The Balaban J connectivity index is 2.13. The molecule has 0 radical (unpaired) electrons. The largest absolute Gasteiger partial charge is 0.484 e. The average molecular weight is 425 g/mol. The van der Waals surface area contributed by atoms with Crippen molar-refractivity contribution in [3.63, 3.8) is 0 Å². The fourth-order valence-corrected chi connectivity index (χ4v) is 3.30. The molecule has 0 aliphatic carbocycles. The van der Waals surface area contributed by atoms with E-state index in [0.717, 1.165) is 5.56 Å². The van der Waals surface area contributed by atoms with Gasteiger partial charge in [-0.25, -0.2) is 0 Å². The van der Waals surface area contributed by atoms with Crippen molar-refractivity contribution in [1.82, 2.24) is 10.2 Å². The summed E-state index contributed by atoms with van der Waals surface area (Å²) in [4.78, 5) is 27.6. The van der Waals surface area contributed by atoms with Gasteiger partial charge in [0.15, 0.2) is 6.61 Å². The van der Waals surface area contributed by atoms with E-state index in [-0.39, 0.29) is 18.4 Å². The highest BCUT2D eigenvalue weighted by Crippen LogP contribution is 2.19. The first kappa shape index (κ1) is 24.4. The Hall–Kier alpha value is -2.82. The number of hydrogen-bond acceptors (Lipinski definition) is 3. The fourth-order valence-electron chi connectivity index (χ4n) is 3.30. The van der Waals surface area contributed by atoms with Crippen molar-refractivity contribution in [2.75, 3.05) is 13.2 Å². The van der Waals surface area contributed by atoms with Gasteiger partial charge < -0.3 is 15.0 Å². The van der Waals surface area contributed by atoms with Gasteiger partial charge in [-0.3, -0.25) is 9.59 Å². The van der Waals surface area contributed by atoms with Crippen molar-refractivity contribution in [1.29, 1.82) is 0 Å². The molecular weight excluding hydrogens is 388 g/mol. The summed E-state index contributed by atoms with van der Waals surface area (Å²) in [6, 6.07) is 17.0. The van der Waals surface area contributed by atoms with E-state index < -0.39 is 6.04 Å². The van der Waals surface area contributed by atoms with Gasteiger partial charge >= 0.3 is 0 Å². The first-order valence-corrected chi connectivity index (χ1v) is 11.2. The van der Waals surface area contributed by atoms with Gasteiger partial charge in [-0.05, 0) is 41.5 Å². The quantitative estimate of drug-likeness (QED) is 0.565. The summed E-state index contributed by atoms with van der Waals surface area (Å²) in [5, 5.41) is 2.97. The molecule has 0 aliphatic rings. The zero-order valence-corrected chi connectivity index (χ0v) is 19.4. The van der Waals surface area contributed by atoms with Crippen LogP contribution in [-0.2, 0) is 16.1 Å². The normalized spacial score (nSPS) is 12.0. The van der Waals surface area contributed by atoms with Crippen molar-refractivity contribution >= 4 is 11.8 Å². The second kappa shape index (κ2) is 12.1. The van der Waals surface area contributed by atoms with E-state index in [2.05, 4.69) is 19.2 Å². The molecule has 0 spiro atoms. The SMILES string of the molecule is CC[C@@H](C(=O)NCC(C)C)N(Cc1ccccc1)C(=O)COc1ccc(C(C)C)cc1. The van der Waals surface area contributed by atoms with Gasteiger partial charge in [0.1, 0.15) is 11.8 Å². The van der Waals surface area contributed by atoms with Crippen LogP contribution < -0.4 is 10.1 Å². The van der Waals surface area contributed by atoms with E-state index in [0.29, 0.717) is 37.1 Å². The molecule has 0 fully saturated rings. The number of carbonyl (C=O) groups is 2. The molecule has 31 heavy (non-hydrogen) atoms. The van der Waals surface area contributed by atoms with E-state index in [9.17, 15) is 9.59 Å². The van der Waals surface area contributed by atoms with Gasteiger partial charge in [0.25, 0.3) is 5.91 Å². The molecule has 2 rings (SSSR count). The van der Waals surface area contributed by atoms with Crippen LogP contribution in [0.5, 0.6) is 5.75 Å². The fraction of sp³-hybridized carbons (Fsp3) is 0.462. The molecule has 0 aromatic heterocycles. The van der Waals surface area contributed by atoms with E-state index >= 15 is 0 Å². The highest BCUT2D eigenvalue weighted by Gasteiger charge is 2.28. The minimum absolute atomic E-state index is 0.109. The standard InChI is InChI=1S/C26H36N2O3/c1-6-24(26(30)27-16-19(2)3)28(17-21-10-8-7-9-11-21)25(29)18-31-23-14-12-22(13-15-23)20(4)5/h7-15,19-20,24H,6,16-18H2,1-5H3,(H,27,30)/t24-/m0/s1. The van der Waals surface area contributed by atoms with Gasteiger partial charge in [-0.2, -0.15) is 0 Å². The summed E-state index contributed by atoms with van der Waals surface area (Å²) >= 11 is 0. The summed E-state index contributed by atoms with van der Waals surface area (Å²) in [7, 11) is 0. The molecule has 0 saturated heterocycles. The minimum atomic E-state index is -0.543. The van der Waals surface area contributed by atoms with Crippen molar-refractivity contribution < 1.29 is 14.3 Å². The number of nitrogens with zero attached hydrogens (tertiary/aromatic N) is 1. The number of carbonyl (C=O) groups excluding carboxylic acids is 2. The molecule has 2 aromatic carbocycles. The monoisotopic (exact) mass is 424 g/mol. The van der Waals surface area contributed by atoms with Crippen molar-refractivity contribution in [2.45, 2.75) is 59.5 Å². The summed E-state index contributed by atoms with van der Waals surface area (Å²) in [5.74, 6) is 1.10. The zero-order chi connectivity index (χ0) is 22.8. The van der Waals surface area contributed by atoms with Crippen LogP contribution in [0, 0.1) is 5.92 Å². The van der Waals surface area contributed by atoms with Crippen LogP contribution >= 0.6 is 0 Å². The third-order valence-electron chi connectivity index (χ3n) is 5.18. The van der Waals surface area contributed by atoms with Crippen LogP contribution in [0.1, 0.15) is 58.1 Å². The van der Waals surface area contributed by atoms with Gasteiger partial charge in [-0.1, -0.05) is 77.1 Å². The van der Waals surface area contributed by atoms with Crippen LogP contribution in [0.4, 0.5) is 0 Å². The molecule has 5 nitrogen and oxygen atoms in total. The smallest absolute Gasteiger partial charge is 0.261 e. The van der Waals surface area contributed by atoms with E-state index in [1.165, 1.54) is 5.56 Å². The van der Waals surface area contributed by atoms with Gasteiger partial charge in [0, 0.05) is 13.1 Å². The predicted octanol–water partition coefficient (Wildman–Crippen LogP) is 4.77. The molecule has 1 N–H and O–H groups in total. The Morgan fingerprint density at radius 2 is 1.61 bits per heavy atom. The lowest BCUT2D eigenvalue weighted by Crippen LogP contribution is -2.50. The van der Waals surface area contributed by atoms with Crippen molar-refractivity contribution in [3.8, 4) is 5.75 Å². The summed E-state index contributed by atoms with van der Waals surface area (Å²) < 4.78 is 5.77. The number of rotatable bonds is 11. The van der Waals surface area contributed by atoms with Crippen molar-refractivity contribution in [2.24, 2.45) is 5.92 Å². The lowest BCUT2D eigenvalue weighted by Gasteiger charge is -2.30. The Labute approximate surface area is 186 Å². The lowest BCUT2D eigenvalue weighted by atomic mass is 10.0. The maximum Gasteiger partial charge on any atom is 0.261 e. The van der Waals surface area contributed by atoms with E-state index in [4.69, 9.17) is 4.74 Å².